The highest BCUT2D eigenvalue weighted by Gasteiger charge is 2.39. The molecule has 2 saturated heterocycles. The van der Waals surface area contributed by atoms with Crippen molar-refractivity contribution in [2.45, 2.75) is 37.5 Å². The fraction of sp³-hybridized carbons (Fsp3) is 1.00. The molecule has 2 rings (SSSR count). The normalized spacial score (nSPS) is 34.2. The Morgan fingerprint density at radius 3 is 2.75 bits per heavy atom. The summed E-state index contributed by atoms with van der Waals surface area (Å²) < 4.78 is 19.0. The molecule has 3 heteroatoms. The van der Waals surface area contributed by atoms with Crippen molar-refractivity contribution >= 4 is 0 Å². The first kappa shape index (κ1) is 8.45. The van der Waals surface area contributed by atoms with Crippen LogP contribution in [-0.2, 0) is 4.74 Å². The van der Waals surface area contributed by atoms with Gasteiger partial charge in [0.2, 0.25) is 0 Å². The van der Waals surface area contributed by atoms with Crippen LogP contribution in [0.25, 0.3) is 0 Å². The Balaban J connectivity index is 1.77. The van der Waals surface area contributed by atoms with Crippen molar-refractivity contribution in [3.63, 3.8) is 0 Å². The Labute approximate surface area is 72.5 Å². The van der Waals surface area contributed by atoms with Crippen molar-refractivity contribution in [2.24, 2.45) is 0 Å². The summed E-state index contributed by atoms with van der Waals surface area (Å²) >= 11 is 0. The molecular formula is C9H16FNO. The molecule has 0 aliphatic carbocycles. The molecule has 0 radical (unpaired) electrons. The van der Waals surface area contributed by atoms with E-state index in [4.69, 9.17) is 4.74 Å². The van der Waals surface area contributed by atoms with E-state index in [1.165, 1.54) is 6.42 Å². The van der Waals surface area contributed by atoms with E-state index < -0.39 is 5.67 Å². The summed E-state index contributed by atoms with van der Waals surface area (Å²) in [5, 5.41) is 2.96. The first-order valence-corrected chi connectivity index (χ1v) is 4.80. The van der Waals surface area contributed by atoms with Crippen molar-refractivity contribution in [3.8, 4) is 0 Å². The number of halogens is 1. The topological polar surface area (TPSA) is 21.3 Å². The van der Waals surface area contributed by atoms with Gasteiger partial charge in [0.1, 0.15) is 5.67 Å². The van der Waals surface area contributed by atoms with Crippen molar-refractivity contribution < 1.29 is 9.13 Å². The fourth-order valence-corrected chi connectivity index (χ4v) is 1.92. The Morgan fingerprint density at radius 1 is 1.42 bits per heavy atom. The summed E-state index contributed by atoms with van der Waals surface area (Å²) in [6.45, 7) is 1.87. The summed E-state index contributed by atoms with van der Waals surface area (Å²) in [4.78, 5) is 0. The zero-order chi connectivity index (χ0) is 8.44. The van der Waals surface area contributed by atoms with E-state index >= 15 is 0 Å². The van der Waals surface area contributed by atoms with Crippen molar-refractivity contribution in [1.29, 1.82) is 0 Å². The van der Waals surface area contributed by atoms with Crippen LogP contribution in [0.15, 0.2) is 0 Å². The Kier molecular flexibility index (Phi) is 2.33. The Hall–Kier alpha value is -0.150. The van der Waals surface area contributed by atoms with Crippen LogP contribution >= 0.6 is 0 Å². The van der Waals surface area contributed by atoms with Gasteiger partial charge in [-0.1, -0.05) is 0 Å². The van der Waals surface area contributed by atoms with Crippen molar-refractivity contribution in [2.75, 3.05) is 19.7 Å². The molecule has 0 aromatic carbocycles. The molecule has 1 unspecified atom stereocenters. The minimum Gasteiger partial charge on any atom is -0.378 e. The summed E-state index contributed by atoms with van der Waals surface area (Å²) in [5.74, 6) is 0. The van der Waals surface area contributed by atoms with E-state index in [0.29, 0.717) is 19.5 Å². The lowest BCUT2D eigenvalue weighted by Gasteiger charge is -2.38. The standard InChI is InChI=1S/C9H16FNO/c10-9(6-11-7-9)5-8-3-1-2-4-12-8/h8,11H,1-7H2. The number of alkyl halides is 1. The lowest BCUT2D eigenvalue weighted by Crippen LogP contribution is -2.57. The average molecular weight is 173 g/mol. The van der Waals surface area contributed by atoms with Crippen molar-refractivity contribution in [3.05, 3.63) is 0 Å². The molecule has 0 amide bonds. The van der Waals surface area contributed by atoms with Gasteiger partial charge in [0.25, 0.3) is 0 Å². The number of hydrogen-bond donors (Lipinski definition) is 1. The van der Waals surface area contributed by atoms with E-state index in [1.807, 2.05) is 0 Å². The van der Waals surface area contributed by atoms with Gasteiger partial charge in [-0.2, -0.15) is 0 Å². The SMILES string of the molecule is FC1(CC2CCCCO2)CNC1. The lowest BCUT2D eigenvalue weighted by molar-refractivity contribution is -0.0398. The van der Waals surface area contributed by atoms with Gasteiger partial charge in [0.15, 0.2) is 0 Å². The third kappa shape index (κ3) is 1.77. The largest absolute Gasteiger partial charge is 0.378 e. The fourth-order valence-electron chi connectivity index (χ4n) is 1.92. The first-order chi connectivity index (χ1) is 5.79. The molecular weight excluding hydrogens is 157 g/mol. The lowest BCUT2D eigenvalue weighted by atomic mass is 9.89. The van der Waals surface area contributed by atoms with E-state index in [0.717, 1.165) is 19.4 Å². The summed E-state index contributed by atoms with van der Waals surface area (Å²) in [6.07, 6.45) is 4.18. The molecule has 2 fully saturated rings. The van der Waals surface area contributed by atoms with Gasteiger partial charge in [-0.05, 0) is 19.3 Å². The average Bonchev–Trinajstić information content (AvgIpc) is 2.04. The van der Waals surface area contributed by atoms with Gasteiger partial charge in [0, 0.05) is 26.1 Å². The molecule has 2 heterocycles. The maximum absolute atomic E-state index is 13.5. The Bertz CT molecular complexity index is 153. The van der Waals surface area contributed by atoms with Gasteiger partial charge in [0.05, 0.1) is 6.10 Å². The number of nitrogens with one attached hydrogen (secondary N) is 1. The third-order valence-electron chi connectivity index (χ3n) is 2.75. The molecule has 2 aliphatic rings. The van der Waals surface area contributed by atoms with E-state index in [9.17, 15) is 4.39 Å². The van der Waals surface area contributed by atoms with Crippen LogP contribution in [0.3, 0.4) is 0 Å². The third-order valence-corrected chi connectivity index (χ3v) is 2.75. The van der Waals surface area contributed by atoms with Gasteiger partial charge in [-0.25, -0.2) is 4.39 Å². The maximum atomic E-state index is 13.5. The summed E-state index contributed by atoms with van der Waals surface area (Å²) in [7, 11) is 0. The van der Waals surface area contributed by atoms with Gasteiger partial charge in [-0.3, -0.25) is 0 Å². The second-order valence-electron chi connectivity index (χ2n) is 3.95. The number of rotatable bonds is 2. The molecule has 0 saturated carbocycles. The molecule has 70 valence electrons. The second-order valence-corrected chi connectivity index (χ2v) is 3.95. The minimum absolute atomic E-state index is 0.186. The first-order valence-electron chi connectivity index (χ1n) is 4.80. The maximum Gasteiger partial charge on any atom is 0.138 e. The van der Waals surface area contributed by atoms with Crippen LogP contribution < -0.4 is 5.32 Å². The predicted octanol–water partition coefficient (Wildman–Crippen LogP) is 1.26. The molecule has 0 bridgehead atoms. The monoisotopic (exact) mass is 173 g/mol. The molecule has 2 nitrogen and oxygen atoms in total. The highest BCUT2D eigenvalue weighted by molar-refractivity contribution is 4.95. The molecule has 0 aromatic rings. The van der Waals surface area contributed by atoms with Crippen LogP contribution in [0.5, 0.6) is 0 Å². The second kappa shape index (κ2) is 3.30. The zero-order valence-electron chi connectivity index (χ0n) is 7.31. The highest BCUT2D eigenvalue weighted by atomic mass is 19.1. The number of ether oxygens (including phenoxy) is 1. The van der Waals surface area contributed by atoms with E-state index in [1.54, 1.807) is 0 Å². The van der Waals surface area contributed by atoms with Gasteiger partial charge < -0.3 is 10.1 Å². The van der Waals surface area contributed by atoms with Crippen molar-refractivity contribution in [1.82, 2.24) is 5.32 Å². The molecule has 1 atom stereocenters. The summed E-state index contributed by atoms with van der Waals surface area (Å²) in [5.41, 5.74) is -0.956. The molecule has 0 spiro atoms. The van der Waals surface area contributed by atoms with Crippen LogP contribution in [0, 0.1) is 0 Å². The minimum atomic E-state index is -0.956. The van der Waals surface area contributed by atoms with Gasteiger partial charge >= 0.3 is 0 Å². The Morgan fingerprint density at radius 2 is 2.25 bits per heavy atom. The zero-order valence-corrected chi connectivity index (χ0v) is 7.31. The smallest absolute Gasteiger partial charge is 0.138 e. The predicted molar refractivity (Wildman–Crippen MR) is 44.9 cm³/mol. The molecule has 12 heavy (non-hydrogen) atoms. The van der Waals surface area contributed by atoms with E-state index in [2.05, 4.69) is 5.32 Å². The quantitative estimate of drug-likeness (QED) is 0.678. The highest BCUT2D eigenvalue weighted by Crippen LogP contribution is 2.27. The molecule has 2 aliphatic heterocycles. The summed E-state index contributed by atoms with van der Waals surface area (Å²) in [6, 6.07) is 0. The van der Waals surface area contributed by atoms with E-state index in [-0.39, 0.29) is 6.10 Å². The molecule has 0 aromatic heterocycles. The van der Waals surface area contributed by atoms with Crippen LogP contribution in [-0.4, -0.2) is 31.5 Å². The molecule has 1 N–H and O–H groups in total. The van der Waals surface area contributed by atoms with Gasteiger partial charge in [-0.15, -0.1) is 0 Å². The number of hydrogen-bond acceptors (Lipinski definition) is 2. The van der Waals surface area contributed by atoms with Crippen LogP contribution in [0.1, 0.15) is 25.7 Å². The van der Waals surface area contributed by atoms with Crippen LogP contribution in [0.2, 0.25) is 0 Å². The van der Waals surface area contributed by atoms with Crippen LogP contribution in [0.4, 0.5) is 4.39 Å².